The number of rotatable bonds is 11. The Balaban J connectivity index is 2.00. The molecule has 196 valence electrons. The van der Waals surface area contributed by atoms with Crippen molar-refractivity contribution < 1.29 is 26.8 Å². The number of nitrogens with one attached hydrogen (secondary N) is 1. The van der Waals surface area contributed by atoms with Crippen molar-refractivity contribution in [3.05, 3.63) is 96.1 Å². The molecule has 0 bridgehead atoms. The summed E-state index contributed by atoms with van der Waals surface area (Å²) in [5, 5.41) is 2.72. The van der Waals surface area contributed by atoms with E-state index in [2.05, 4.69) is 5.32 Å². The zero-order valence-corrected chi connectivity index (χ0v) is 21.4. The molecule has 0 heterocycles. The normalized spacial score (nSPS) is 12.0. The van der Waals surface area contributed by atoms with Gasteiger partial charge < -0.3 is 10.2 Å². The van der Waals surface area contributed by atoms with Gasteiger partial charge in [0, 0.05) is 18.7 Å². The van der Waals surface area contributed by atoms with Gasteiger partial charge in [0.05, 0.1) is 10.6 Å². The maximum atomic E-state index is 14.5. The number of hydrogen-bond donors (Lipinski definition) is 1. The first kappa shape index (κ1) is 27.8. The molecular weight excluding hydrogens is 500 g/mol. The van der Waals surface area contributed by atoms with E-state index in [0.29, 0.717) is 13.0 Å². The quantitative estimate of drug-likeness (QED) is 0.405. The van der Waals surface area contributed by atoms with Crippen LogP contribution >= 0.6 is 0 Å². The predicted molar refractivity (Wildman–Crippen MR) is 137 cm³/mol. The van der Waals surface area contributed by atoms with Gasteiger partial charge in [0.2, 0.25) is 11.8 Å². The second kappa shape index (κ2) is 12.4. The molecule has 0 aromatic heterocycles. The molecule has 3 aromatic rings. The molecule has 1 N–H and O–H groups in total. The Bertz CT molecular complexity index is 1320. The standard InChI is InChI=1S/C27H29F2N3O4S/c1-3-17-30-27(34)20(2)31(18-21-9-7-8-12-25(21)29)26(33)19-32(23-10-5-4-6-11-23)37(35,36)24-15-13-22(28)14-16-24/h4-16,20H,3,17-19H2,1-2H3,(H,30,34). The van der Waals surface area contributed by atoms with Crippen LogP contribution in [0.3, 0.4) is 0 Å². The zero-order valence-electron chi connectivity index (χ0n) is 20.6. The summed E-state index contributed by atoms with van der Waals surface area (Å²) in [6.07, 6.45) is 0.678. The number of carbonyl (C=O) groups is 2. The molecule has 0 spiro atoms. The first-order valence-electron chi connectivity index (χ1n) is 11.8. The third-order valence-corrected chi connectivity index (χ3v) is 7.53. The van der Waals surface area contributed by atoms with Gasteiger partial charge in [-0.15, -0.1) is 0 Å². The van der Waals surface area contributed by atoms with Crippen LogP contribution in [0.4, 0.5) is 14.5 Å². The van der Waals surface area contributed by atoms with Crippen molar-refractivity contribution in [3.63, 3.8) is 0 Å². The van der Waals surface area contributed by atoms with Gasteiger partial charge in [-0.1, -0.05) is 43.3 Å². The topological polar surface area (TPSA) is 86.8 Å². The van der Waals surface area contributed by atoms with Crippen LogP contribution in [-0.2, 0) is 26.2 Å². The van der Waals surface area contributed by atoms with E-state index < -0.39 is 46.1 Å². The molecule has 0 aliphatic rings. The van der Waals surface area contributed by atoms with Crippen LogP contribution in [0.1, 0.15) is 25.8 Å². The number of carbonyl (C=O) groups excluding carboxylic acids is 2. The maximum Gasteiger partial charge on any atom is 0.264 e. The van der Waals surface area contributed by atoms with E-state index in [1.807, 2.05) is 6.92 Å². The molecule has 0 aliphatic heterocycles. The van der Waals surface area contributed by atoms with E-state index >= 15 is 0 Å². The average Bonchev–Trinajstić information content (AvgIpc) is 2.90. The third-order valence-electron chi connectivity index (χ3n) is 5.74. The number of nitrogens with zero attached hydrogens (tertiary/aromatic N) is 2. The van der Waals surface area contributed by atoms with Gasteiger partial charge in [0.15, 0.2) is 0 Å². The third kappa shape index (κ3) is 6.91. The largest absolute Gasteiger partial charge is 0.354 e. The van der Waals surface area contributed by atoms with Crippen molar-refractivity contribution in [1.29, 1.82) is 0 Å². The van der Waals surface area contributed by atoms with Crippen molar-refractivity contribution in [1.82, 2.24) is 10.2 Å². The van der Waals surface area contributed by atoms with Crippen molar-refractivity contribution in [2.24, 2.45) is 0 Å². The molecule has 1 atom stereocenters. The van der Waals surface area contributed by atoms with Gasteiger partial charge in [-0.2, -0.15) is 0 Å². The van der Waals surface area contributed by atoms with Gasteiger partial charge in [0.25, 0.3) is 10.0 Å². The lowest BCUT2D eigenvalue weighted by atomic mass is 10.1. The lowest BCUT2D eigenvalue weighted by Crippen LogP contribution is -2.51. The fourth-order valence-electron chi connectivity index (χ4n) is 3.65. The second-order valence-electron chi connectivity index (χ2n) is 8.38. The SMILES string of the molecule is CCCNC(=O)C(C)N(Cc1ccccc1F)C(=O)CN(c1ccccc1)S(=O)(=O)c1ccc(F)cc1. The van der Waals surface area contributed by atoms with Crippen molar-refractivity contribution in [3.8, 4) is 0 Å². The molecule has 1 unspecified atom stereocenters. The van der Waals surface area contributed by atoms with Crippen LogP contribution in [0.2, 0.25) is 0 Å². The van der Waals surface area contributed by atoms with Crippen molar-refractivity contribution >= 4 is 27.5 Å². The van der Waals surface area contributed by atoms with Crippen LogP contribution < -0.4 is 9.62 Å². The number of hydrogen-bond acceptors (Lipinski definition) is 4. The molecule has 2 amide bonds. The zero-order chi connectivity index (χ0) is 27.0. The Morgan fingerprint density at radius 3 is 2.16 bits per heavy atom. The van der Waals surface area contributed by atoms with Crippen molar-refractivity contribution in [2.45, 2.75) is 37.8 Å². The van der Waals surface area contributed by atoms with Gasteiger partial charge in [-0.05, 0) is 55.8 Å². The minimum atomic E-state index is -4.30. The van der Waals surface area contributed by atoms with Crippen LogP contribution in [0.15, 0.2) is 83.8 Å². The van der Waals surface area contributed by atoms with E-state index in [1.165, 1.54) is 37.3 Å². The lowest BCUT2D eigenvalue weighted by molar-refractivity contribution is -0.139. The molecule has 3 rings (SSSR count). The fraction of sp³-hybridized carbons (Fsp3) is 0.259. The summed E-state index contributed by atoms with van der Waals surface area (Å²) in [5.41, 5.74) is 0.382. The Kier molecular flexibility index (Phi) is 9.35. The Labute approximate surface area is 215 Å². The van der Waals surface area contributed by atoms with Gasteiger partial charge in [0.1, 0.15) is 24.2 Å². The molecule has 0 radical (unpaired) electrons. The summed E-state index contributed by atoms with van der Waals surface area (Å²) in [5.74, 6) is -2.32. The summed E-state index contributed by atoms with van der Waals surface area (Å²) in [6.45, 7) is 2.87. The number of benzene rings is 3. The Morgan fingerprint density at radius 2 is 1.54 bits per heavy atom. The highest BCUT2D eigenvalue weighted by molar-refractivity contribution is 7.92. The molecule has 10 heteroatoms. The van der Waals surface area contributed by atoms with Gasteiger partial charge in [-0.3, -0.25) is 13.9 Å². The first-order chi connectivity index (χ1) is 17.6. The predicted octanol–water partition coefficient (Wildman–Crippen LogP) is 4.10. The van der Waals surface area contributed by atoms with E-state index in [9.17, 15) is 26.8 Å². The molecular formula is C27H29F2N3O4S. The van der Waals surface area contributed by atoms with E-state index in [1.54, 1.807) is 24.3 Å². The molecule has 0 saturated heterocycles. The Hall–Kier alpha value is -3.79. The van der Waals surface area contributed by atoms with Crippen LogP contribution in [0.5, 0.6) is 0 Å². The fourth-order valence-corrected chi connectivity index (χ4v) is 5.06. The molecule has 0 fully saturated rings. The summed E-state index contributed by atoms with van der Waals surface area (Å²) < 4.78 is 55.9. The monoisotopic (exact) mass is 529 g/mol. The summed E-state index contributed by atoms with van der Waals surface area (Å²) in [4.78, 5) is 27.4. The number of para-hydroxylation sites is 1. The summed E-state index contributed by atoms with van der Waals surface area (Å²) in [6, 6.07) is 17.1. The van der Waals surface area contributed by atoms with E-state index in [0.717, 1.165) is 33.5 Å². The minimum Gasteiger partial charge on any atom is -0.354 e. The first-order valence-corrected chi connectivity index (χ1v) is 13.2. The van der Waals surface area contributed by atoms with Gasteiger partial charge in [-0.25, -0.2) is 17.2 Å². The summed E-state index contributed by atoms with van der Waals surface area (Å²) in [7, 11) is -4.30. The Morgan fingerprint density at radius 1 is 0.919 bits per heavy atom. The second-order valence-corrected chi connectivity index (χ2v) is 10.2. The summed E-state index contributed by atoms with van der Waals surface area (Å²) >= 11 is 0. The number of amides is 2. The van der Waals surface area contributed by atoms with Crippen molar-refractivity contribution in [2.75, 3.05) is 17.4 Å². The maximum absolute atomic E-state index is 14.5. The highest BCUT2D eigenvalue weighted by atomic mass is 32.2. The minimum absolute atomic E-state index is 0.179. The number of sulfonamides is 1. The van der Waals surface area contributed by atoms with E-state index in [4.69, 9.17) is 0 Å². The smallest absolute Gasteiger partial charge is 0.264 e. The molecule has 37 heavy (non-hydrogen) atoms. The van der Waals surface area contributed by atoms with Crippen LogP contribution in [0.25, 0.3) is 0 Å². The van der Waals surface area contributed by atoms with E-state index in [-0.39, 0.29) is 22.7 Å². The average molecular weight is 530 g/mol. The number of halogens is 2. The van der Waals surface area contributed by atoms with Gasteiger partial charge >= 0.3 is 0 Å². The molecule has 0 saturated carbocycles. The molecule has 0 aliphatic carbocycles. The van der Waals surface area contributed by atoms with Crippen LogP contribution in [0, 0.1) is 11.6 Å². The number of anilines is 1. The molecule has 7 nitrogen and oxygen atoms in total. The highest BCUT2D eigenvalue weighted by Gasteiger charge is 2.32. The highest BCUT2D eigenvalue weighted by Crippen LogP contribution is 2.24. The molecule has 3 aromatic carbocycles. The lowest BCUT2D eigenvalue weighted by Gasteiger charge is -2.32. The van der Waals surface area contributed by atoms with Crippen LogP contribution in [-0.4, -0.2) is 44.3 Å².